The molecule has 2 heterocycles. The number of carbonyl (C=O) groups is 1. The summed E-state index contributed by atoms with van der Waals surface area (Å²) in [5.74, 6) is -0.214. The molecule has 5 heteroatoms. The van der Waals surface area contributed by atoms with E-state index in [-0.39, 0.29) is 0 Å². The molecule has 0 radical (unpaired) electrons. The van der Waals surface area contributed by atoms with E-state index >= 15 is 0 Å². The summed E-state index contributed by atoms with van der Waals surface area (Å²) in [4.78, 5) is 12.3. The number of rotatable bonds is 1. The summed E-state index contributed by atoms with van der Waals surface area (Å²) < 4.78 is 5.64. The molecular weight excluding hydrogens is 262 g/mol. The molecule has 0 saturated carbocycles. The first-order valence-electron chi connectivity index (χ1n) is 5.72. The van der Waals surface area contributed by atoms with Crippen LogP contribution in [0.4, 0.5) is 0 Å². The van der Waals surface area contributed by atoms with E-state index in [0.717, 1.165) is 16.0 Å². The number of fused-ring (bicyclic) bond motifs is 3. The Morgan fingerprint density at radius 2 is 2.26 bits per heavy atom. The third-order valence-corrected chi connectivity index (χ3v) is 4.20. The summed E-state index contributed by atoms with van der Waals surface area (Å²) in [5, 5.41) is 18.0. The predicted octanol–water partition coefficient (Wildman–Crippen LogP) is 2.92. The second-order valence-corrected chi connectivity index (χ2v) is 5.24. The van der Waals surface area contributed by atoms with Crippen LogP contribution in [0.15, 0.2) is 24.3 Å². The standard InChI is InChI=1S/C14H9NO3S/c15-7-8-1-2-11-10(5-8)13-9(3-4-18-11)6-12(19-13)14(16)17/h1-2,5-6H,3-4H2,(H,16,17). The van der Waals surface area contributed by atoms with Crippen molar-refractivity contribution in [2.45, 2.75) is 6.42 Å². The molecule has 1 aliphatic heterocycles. The molecule has 4 nitrogen and oxygen atoms in total. The minimum Gasteiger partial charge on any atom is -0.493 e. The second kappa shape index (κ2) is 4.41. The van der Waals surface area contributed by atoms with Gasteiger partial charge in [0.15, 0.2) is 0 Å². The van der Waals surface area contributed by atoms with Gasteiger partial charge in [-0.05, 0) is 29.8 Å². The van der Waals surface area contributed by atoms with Crippen molar-refractivity contribution >= 4 is 17.3 Å². The number of nitrogens with zero attached hydrogens (tertiary/aromatic N) is 1. The molecule has 0 bridgehead atoms. The zero-order chi connectivity index (χ0) is 13.4. The molecule has 1 aromatic carbocycles. The number of nitriles is 1. The summed E-state index contributed by atoms with van der Waals surface area (Å²) in [7, 11) is 0. The minimum atomic E-state index is -0.919. The maximum atomic E-state index is 11.1. The second-order valence-electron chi connectivity index (χ2n) is 4.19. The van der Waals surface area contributed by atoms with Gasteiger partial charge in [0.2, 0.25) is 0 Å². The Bertz CT molecular complexity index is 712. The maximum absolute atomic E-state index is 11.1. The Balaban J connectivity index is 2.23. The van der Waals surface area contributed by atoms with E-state index in [1.54, 1.807) is 24.3 Å². The van der Waals surface area contributed by atoms with Crippen molar-refractivity contribution in [2.75, 3.05) is 6.61 Å². The van der Waals surface area contributed by atoms with Gasteiger partial charge in [-0.2, -0.15) is 5.26 Å². The smallest absolute Gasteiger partial charge is 0.345 e. The Labute approximate surface area is 113 Å². The highest BCUT2D eigenvalue weighted by molar-refractivity contribution is 7.17. The average molecular weight is 271 g/mol. The lowest BCUT2D eigenvalue weighted by molar-refractivity contribution is 0.0702. The number of carboxylic acid groups (broad SMARTS) is 1. The lowest BCUT2D eigenvalue weighted by Gasteiger charge is -2.06. The van der Waals surface area contributed by atoms with E-state index in [1.807, 2.05) is 0 Å². The number of thiophene rings is 1. The monoisotopic (exact) mass is 271 g/mol. The van der Waals surface area contributed by atoms with Crippen LogP contribution in [-0.4, -0.2) is 17.7 Å². The van der Waals surface area contributed by atoms with Gasteiger partial charge in [-0.15, -0.1) is 11.3 Å². The van der Waals surface area contributed by atoms with E-state index in [2.05, 4.69) is 6.07 Å². The van der Waals surface area contributed by atoms with Gasteiger partial charge in [0.05, 0.1) is 18.2 Å². The van der Waals surface area contributed by atoms with E-state index in [1.165, 1.54) is 11.3 Å². The molecule has 0 saturated heterocycles. The van der Waals surface area contributed by atoms with Crippen molar-refractivity contribution in [3.8, 4) is 22.3 Å². The first-order valence-corrected chi connectivity index (χ1v) is 6.54. The van der Waals surface area contributed by atoms with Gasteiger partial charge in [0.1, 0.15) is 10.6 Å². The predicted molar refractivity (Wildman–Crippen MR) is 70.6 cm³/mol. The van der Waals surface area contributed by atoms with Crippen molar-refractivity contribution in [3.05, 3.63) is 40.3 Å². The Kier molecular flexibility index (Phi) is 2.73. The number of benzene rings is 1. The van der Waals surface area contributed by atoms with E-state index in [4.69, 9.17) is 15.1 Å². The topological polar surface area (TPSA) is 70.3 Å². The minimum absolute atomic E-state index is 0.320. The molecule has 1 N–H and O–H groups in total. The van der Waals surface area contributed by atoms with Crippen molar-refractivity contribution in [3.63, 3.8) is 0 Å². The highest BCUT2D eigenvalue weighted by atomic mass is 32.1. The SMILES string of the molecule is N#Cc1ccc2c(c1)-c1sc(C(=O)O)cc1CCO2. The fourth-order valence-corrected chi connectivity index (χ4v) is 3.19. The van der Waals surface area contributed by atoms with Crippen LogP contribution in [0.3, 0.4) is 0 Å². The van der Waals surface area contributed by atoms with Gasteiger partial charge >= 0.3 is 5.97 Å². The van der Waals surface area contributed by atoms with E-state index < -0.39 is 5.97 Å². The average Bonchev–Trinajstić information content (AvgIpc) is 2.76. The number of ether oxygens (including phenoxy) is 1. The lowest BCUT2D eigenvalue weighted by Crippen LogP contribution is -1.98. The fraction of sp³-hybridized carbons (Fsp3) is 0.143. The molecule has 0 fully saturated rings. The summed E-state index contributed by atoms with van der Waals surface area (Å²) in [6.07, 6.45) is 0.676. The molecule has 0 atom stereocenters. The highest BCUT2D eigenvalue weighted by Gasteiger charge is 2.21. The third-order valence-electron chi connectivity index (χ3n) is 3.00. The molecule has 3 rings (SSSR count). The van der Waals surface area contributed by atoms with Gasteiger partial charge in [0.25, 0.3) is 0 Å². The molecular formula is C14H9NO3S. The summed E-state index contributed by atoms with van der Waals surface area (Å²) in [6.45, 7) is 0.516. The maximum Gasteiger partial charge on any atom is 0.345 e. The summed E-state index contributed by atoms with van der Waals surface area (Å²) in [5.41, 5.74) is 2.32. The van der Waals surface area contributed by atoms with Crippen LogP contribution >= 0.6 is 11.3 Å². The molecule has 94 valence electrons. The number of carboxylic acids is 1. The molecule has 0 aliphatic carbocycles. The zero-order valence-electron chi connectivity index (χ0n) is 9.84. The van der Waals surface area contributed by atoms with Crippen molar-refractivity contribution in [2.24, 2.45) is 0 Å². The molecule has 2 aromatic rings. The molecule has 1 aliphatic rings. The van der Waals surface area contributed by atoms with Gasteiger partial charge in [-0.1, -0.05) is 0 Å². The largest absolute Gasteiger partial charge is 0.493 e. The first-order chi connectivity index (χ1) is 9.19. The molecule has 0 spiro atoms. The summed E-state index contributed by atoms with van der Waals surface area (Å²) in [6, 6.07) is 9.01. The van der Waals surface area contributed by atoms with Crippen LogP contribution in [0.5, 0.6) is 5.75 Å². The third kappa shape index (κ3) is 1.96. The van der Waals surface area contributed by atoms with Crippen LogP contribution in [0.1, 0.15) is 20.8 Å². The molecule has 19 heavy (non-hydrogen) atoms. The number of hydrogen-bond donors (Lipinski definition) is 1. The number of hydrogen-bond acceptors (Lipinski definition) is 4. The van der Waals surface area contributed by atoms with Crippen LogP contribution < -0.4 is 4.74 Å². The first kappa shape index (κ1) is 11.8. The lowest BCUT2D eigenvalue weighted by atomic mass is 10.1. The van der Waals surface area contributed by atoms with Crippen LogP contribution in [0.2, 0.25) is 0 Å². The van der Waals surface area contributed by atoms with E-state index in [9.17, 15) is 4.79 Å². The van der Waals surface area contributed by atoms with Gasteiger partial charge in [-0.3, -0.25) is 0 Å². The Hall–Kier alpha value is -2.32. The number of aromatic carboxylic acids is 1. The zero-order valence-corrected chi connectivity index (χ0v) is 10.7. The fourth-order valence-electron chi connectivity index (χ4n) is 2.12. The van der Waals surface area contributed by atoms with Crippen molar-refractivity contribution < 1.29 is 14.6 Å². The Morgan fingerprint density at radius 3 is 3.00 bits per heavy atom. The van der Waals surface area contributed by atoms with Crippen molar-refractivity contribution in [1.29, 1.82) is 5.26 Å². The summed E-state index contributed by atoms with van der Waals surface area (Å²) >= 11 is 1.23. The van der Waals surface area contributed by atoms with Crippen molar-refractivity contribution in [1.82, 2.24) is 0 Å². The van der Waals surface area contributed by atoms with Crippen LogP contribution in [0, 0.1) is 11.3 Å². The Morgan fingerprint density at radius 1 is 1.42 bits per heavy atom. The van der Waals surface area contributed by atoms with Crippen LogP contribution in [-0.2, 0) is 6.42 Å². The normalized spacial score (nSPS) is 12.6. The van der Waals surface area contributed by atoms with Gasteiger partial charge in [0, 0.05) is 16.9 Å². The molecule has 0 unspecified atom stereocenters. The molecule has 1 aromatic heterocycles. The quantitative estimate of drug-likeness (QED) is 0.865. The van der Waals surface area contributed by atoms with Crippen LogP contribution in [0.25, 0.3) is 10.4 Å². The van der Waals surface area contributed by atoms with E-state index in [0.29, 0.717) is 29.2 Å². The van der Waals surface area contributed by atoms with Gasteiger partial charge in [-0.25, -0.2) is 4.79 Å². The molecule has 0 amide bonds. The van der Waals surface area contributed by atoms with Gasteiger partial charge < -0.3 is 9.84 Å². The highest BCUT2D eigenvalue weighted by Crippen LogP contribution is 2.41.